The minimum atomic E-state index is -0.455. The van der Waals surface area contributed by atoms with E-state index in [2.05, 4.69) is 15.3 Å². The molecule has 0 radical (unpaired) electrons. The van der Waals surface area contributed by atoms with Gasteiger partial charge in [-0.1, -0.05) is 0 Å². The third kappa shape index (κ3) is 1.70. The molecule has 1 aliphatic heterocycles. The van der Waals surface area contributed by atoms with Crippen LogP contribution in [0, 0.1) is 0 Å². The highest BCUT2D eigenvalue weighted by Gasteiger charge is 2.26. The van der Waals surface area contributed by atoms with E-state index in [1.165, 1.54) is 4.57 Å². The van der Waals surface area contributed by atoms with Gasteiger partial charge in [0.15, 0.2) is 5.65 Å². The number of H-pyrrole nitrogens is 1. The van der Waals surface area contributed by atoms with E-state index >= 15 is 0 Å². The quantitative estimate of drug-likeness (QED) is 0.771. The smallest absolute Gasteiger partial charge is 0.328 e. The molecular weight excluding hydrogens is 232 g/mol. The number of nitrogens with one attached hydrogen (secondary N) is 2. The predicted molar refractivity (Wildman–Crippen MR) is 66.3 cm³/mol. The average molecular weight is 246 g/mol. The van der Waals surface area contributed by atoms with Gasteiger partial charge in [0.2, 0.25) is 5.91 Å². The Morgan fingerprint density at radius 3 is 3.11 bits per heavy atom. The molecule has 1 unspecified atom stereocenters. The van der Waals surface area contributed by atoms with E-state index in [-0.39, 0.29) is 11.6 Å². The van der Waals surface area contributed by atoms with Gasteiger partial charge in [0.1, 0.15) is 6.04 Å². The van der Waals surface area contributed by atoms with Gasteiger partial charge in [-0.15, -0.1) is 0 Å². The van der Waals surface area contributed by atoms with E-state index in [1.54, 1.807) is 18.3 Å². The van der Waals surface area contributed by atoms with Gasteiger partial charge in [0.25, 0.3) is 0 Å². The number of fused-ring (bicyclic) bond motifs is 1. The molecule has 0 bridgehead atoms. The van der Waals surface area contributed by atoms with Crippen LogP contribution in [0.15, 0.2) is 23.1 Å². The number of pyridine rings is 1. The van der Waals surface area contributed by atoms with Gasteiger partial charge < -0.3 is 10.3 Å². The number of nitrogens with zero attached hydrogens (tertiary/aromatic N) is 2. The fraction of sp³-hybridized carbons (Fsp3) is 0.417. The number of rotatable bonds is 1. The van der Waals surface area contributed by atoms with Gasteiger partial charge in [-0.3, -0.25) is 9.36 Å². The number of imidazole rings is 1. The third-order valence-electron chi connectivity index (χ3n) is 3.29. The van der Waals surface area contributed by atoms with E-state index in [1.807, 2.05) is 0 Å². The molecule has 1 amide bonds. The Morgan fingerprint density at radius 2 is 2.22 bits per heavy atom. The second-order valence-electron chi connectivity index (χ2n) is 4.48. The van der Waals surface area contributed by atoms with Gasteiger partial charge >= 0.3 is 5.69 Å². The van der Waals surface area contributed by atoms with E-state index < -0.39 is 6.04 Å². The highest BCUT2D eigenvalue weighted by atomic mass is 16.2. The first kappa shape index (κ1) is 11.0. The molecule has 0 saturated carbocycles. The zero-order chi connectivity index (χ0) is 12.5. The van der Waals surface area contributed by atoms with Crippen LogP contribution in [0.5, 0.6) is 0 Å². The topological polar surface area (TPSA) is 79.8 Å². The molecule has 1 saturated heterocycles. The zero-order valence-electron chi connectivity index (χ0n) is 9.85. The van der Waals surface area contributed by atoms with Crippen LogP contribution >= 0.6 is 0 Å². The Morgan fingerprint density at radius 1 is 1.33 bits per heavy atom. The lowest BCUT2D eigenvalue weighted by molar-refractivity contribution is -0.124. The summed E-state index contributed by atoms with van der Waals surface area (Å²) in [5.74, 6) is -0.0962. The van der Waals surface area contributed by atoms with E-state index in [0.29, 0.717) is 24.1 Å². The predicted octanol–water partition coefficient (Wildman–Crippen LogP) is 0.566. The summed E-state index contributed by atoms with van der Waals surface area (Å²) < 4.78 is 1.47. The lowest BCUT2D eigenvalue weighted by atomic mass is 10.1. The first-order chi connectivity index (χ1) is 8.77. The van der Waals surface area contributed by atoms with Crippen LogP contribution in [0.3, 0.4) is 0 Å². The van der Waals surface area contributed by atoms with Crippen LogP contribution in [-0.4, -0.2) is 27.0 Å². The van der Waals surface area contributed by atoms with Crippen molar-refractivity contribution in [2.75, 3.05) is 6.54 Å². The first-order valence-electron chi connectivity index (χ1n) is 6.10. The van der Waals surface area contributed by atoms with Gasteiger partial charge in [-0.2, -0.15) is 0 Å². The maximum Gasteiger partial charge on any atom is 0.328 e. The van der Waals surface area contributed by atoms with Crippen LogP contribution in [0.2, 0.25) is 0 Å². The molecular formula is C12H14N4O2. The standard InChI is InChI=1S/C12H14N4O2/c17-11-9(5-1-2-6-14-11)16-10-8(15-12(16)18)4-3-7-13-10/h3-4,7,9H,1-2,5-6H2,(H,14,17)(H,15,18). The SMILES string of the molecule is O=C1NCCCCC1n1c(=O)[nH]c2cccnc21. The van der Waals surface area contributed by atoms with E-state index in [9.17, 15) is 9.59 Å². The number of hydrogen-bond donors (Lipinski definition) is 2. The monoisotopic (exact) mass is 246 g/mol. The van der Waals surface area contributed by atoms with Crippen LogP contribution in [0.25, 0.3) is 11.2 Å². The normalized spacial score (nSPS) is 20.7. The minimum absolute atomic E-state index is 0.0962. The van der Waals surface area contributed by atoms with Crippen LogP contribution in [0.4, 0.5) is 0 Å². The first-order valence-corrected chi connectivity index (χ1v) is 6.10. The van der Waals surface area contributed by atoms with E-state index in [4.69, 9.17) is 0 Å². The molecule has 0 aromatic carbocycles. The van der Waals surface area contributed by atoms with Crippen LogP contribution in [-0.2, 0) is 4.79 Å². The van der Waals surface area contributed by atoms with Crippen LogP contribution < -0.4 is 11.0 Å². The second kappa shape index (κ2) is 4.29. The number of aromatic amines is 1. The van der Waals surface area contributed by atoms with Crippen molar-refractivity contribution in [1.29, 1.82) is 0 Å². The van der Waals surface area contributed by atoms with E-state index in [0.717, 1.165) is 12.8 Å². The summed E-state index contributed by atoms with van der Waals surface area (Å²) in [6.45, 7) is 0.680. The van der Waals surface area contributed by atoms with Crippen molar-refractivity contribution in [1.82, 2.24) is 19.9 Å². The maximum atomic E-state index is 12.0. The van der Waals surface area contributed by atoms with Crippen LogP contribution in [0.1, 0.15) is 25.3 Å². The lowest BCUT2D eigenvalue weighted by Crippen LogP contribution is -2.35. The van der Waals surface area contributed by atoms with Crippen molar-refractivity contribution >= 4 is 17.1 Å². The molecule has 18 heavy (non-hydrogen) atoms. The molecule has 0 spiro atoms. The number of aromatic nitrogens is 3. The molecule has 2 aromatic heterocycles. The lowest BCUT2D eigenvalue weighted by Gasteiger charge is -2.14. The van der Waals surface area contributed by atoms with Crippen molar-refractivity contribution in [2.24, 2.45) is 0 Å². The molecule has 0 aliphatic carbocycles. The summed E-state index contributed by atoms with van der Waals surface area (Å²) in [5, 5.41) is 2.83. The summed E-state index contributed by atoms with van der Waals surface area (Å²) >= 11 is 0. The molecule has 1 fully saturated rings. The van der Waals surface area contributed by atoms with Crippen molar-refractivity contribution in [3.63, 3.8) is 0 Å². The highest BCUT2D eigenvalue weighted by Crippen LogP contribution is 2.20. The molecule has 94 valence electrons. The van der Waals surface area contributed by atoms with Gasteiger partial charge in [-0.05, 0) is 31.4 Å². The molecule has 3 heterocycles. The molecule has 6 heteroatoms. The number of hydrogen-bond acceptors (Lipinski definition) is 3. The summed E-state index contributed by atoms with van der Waals surface area (Å²) in [5.41, 5.74) is 0.940. The highest BCUT2D eigenvalue weighted by molar-refractivity contribution is 5.82. The molecule has 1 aliphatic rings. The minimum Gasteiger partial charge on any atom is -0.354 e. The Labute approximate surface area is 103 Å². The van der Waals surface area contributed by atoms with Gasteiger partial charge in [0.05, 0.1) is 5.52 Å². The Bertz CT molecular complexity index is 643. The second-order valence-corrected chi connectivity index (χ2v) is 4.48. The fourth-order valence-corrected chi connectivity index (χ4v) is 2.42. The zero-order valence-corrected chi connectivity index (χ0v) is 9.85. The number of carbonyl (C=O) groups is 1. The van der Waals surface area contributed by atoms with Gasteiger partial charge in [-0.25, -0.2) is 9.78 Å². The Hall–Kier alpha value is -2.11. The fourth-order valence-electron chi connectivity index (χ4n) is 2.42. The third-order valence-corrected chi connectivity index (χ3v) is 3.29. The summed E-state index contributed by atoms with van der Waals surface area (Å²) in [6, 6.07) is 3.09. The van der Waals surface area contributed by atoms with Gasteiger partial charge in [0, 0.05) is 12.7 Å². The largest absolute Gasteiger partial charge is 0.354 e. The Balaban J connectivity index is 2.15. The Kier molecular flexibility index (Phi) is 2.62. The molecule has 3 rings (SSSR count). The molecule has 1 atom stereocenters. The number of amides is 1. The summed E-state index contributed by atoms with van der Waals surface area (Å²) in [4.78, 5) is 30.9. The number of carbonyl (C=O) groups excluding carboxylic acids is 1. The van der Waals surface area contributed by atoms with Crippen molar-refractivity contribution in [2.45, 2.75) is 25.3 Å². The molecule has 6 nitrogen and oxygen atoms in total. The van der Waals surface area contributed by atoms with Crippen molar-refractivity contribution < 1.29 is 4.79 Å². The summed E-state index contributed by atoms with van der Waals surface area (Å²) in [6.07, 6.45) is 4.18. The molecule has 2 N–H and O–H groups in total. The maximum absolute atomic E-state index is 12.0. The average Bonchev–Trinajstić information content (AvgIpc) is 2.55. The van der Waals surface area contributed by atoms with Crippen molar-refractivity contribution in [3.05, 3.63) is 28.8 Å². The van der Waals surface area contributed by atoms with Crippen molar-refractivity contribution in [3.8, 4) is 0 Å². The summed E-state index contributed by atoms with van der Waals surface area (Å²) in [7, 11) is 0. The molecule has 2 aromatic rings.